The molecule has 2 aromatic rings. The highest BCUT2D eigenvalue weighted by Gasteiger charge is 2.23. The Balaban J connectivity index is 2.42. The van der Waals surface area contributed by atoms with Crippen molar-refractivity contribution in [3.63, 3.8) is 0 Å². The third kappa shape index (κ3) is 2.29. The number of rotatable bonds is 5. The average molecular weight is 267 g/mol. The highest BCUT2D eigenvalue weighted by Crippen LogP contribution is 2.27. The average Bonchev–Trinajstić information content (AvgIpc) is 2.76. The second kappa shape index (κ2) is 5.55. The van der Waals surface area contributed by atoms with Crippen LogP contribution in [0.5, 0.6) is 0 Å². The van der Waals surface area contributed by atoms with Gasteiger partial charge >= 0.3 is 0 Å². The maximum atomic E-state index is 10.1. The summed E-state index contributed by atoms with van der Waals surface area (Å²) in [6.07, 6.45) is 4.73. The topological polar surface area (TPSA) is 99.9 Å². The maximum Gasteiger partial charge on any atom is 0.151 e. The van der Waals surface area contributed by atoms with Crippen LogP contribution in [-0.2, 0) is 0 Å². The number of aromatic amines is 1. The van der Waals surface area contributed by atoms with Crippen LogP contribution in [-0.4, -0.2) is 45.2 Å². The number of fused-ring (bicyclic) bond motifs is 1. The first-order valence-corrected chi connectivity index (χ1v) is 7.00. The van der Waals surface area contributed by atoms with Crippen molar-refractivity contribution in [1.29, 1.82) is 0 Å². The number of hydrogen-bond acceptors (Lipinski definition) is 6. The van der Waals surface area contributed by atoms with E-state index in [1.165, 1.54) is 6.33 Å². The lowest BCUT2D eigenvalue weighted by Crippen LogP contribution is -2.31. The molecule has 18 heavy (non-hydrogen) atoms. The van der Waals surface area contributed by atoms with E-state index in [1.807, 2.05) is 19.5 Å². The van der Waals surface area contributed by atoms with E-state index in [0.29, 0.717) is 17.1 Å². The number of likely N-dealkylation sites (N-methyl/N-ethyl adjacent to an activating group) is 1. The number of nitrogens with one attached hydrogen (secondary N) is 2. The zero-order valence-corrected chi connectivity index (χ0v) is 11.2. The van der Waals surface area contributed by atoms with E-state index in [1.54, 1.807) is 11.8 Å². The van der Waals surface area contributed by atoms with E-state index < -0.39 is 6.10 Å². The van der Waals surface area contributed by atoms with Crippen LogP contribution in [0, 0.1) is 0 Å². The molecule has 0 saturated carbocycles. The highest BCUT2D eigenvalue weighted by molar-refractivity contribution is 7.98. The lowest BCUT2D eigenvalue weighted by molar-refractivity contribution is 0.155. The molecular formula is C11H17N5OS. The molecule has 0 bridgehead atoms. The molecule has 0 aliphatic carbocycles. The minimum absolute atomic E-state index is 0.180. The largest absolute Gasteiger partial charge is 0.390 e. The number of aromatic nitrogens is 3. The van der Waals surface area contributed by atoms with Crippen LogP contribution in [0.3, 0.4) is 0 Å². The molecule has 5 N–H and O–H groups in total. The van der Waals surface area contributed by atoms with Crippen molar-refractivity contribution < 1.29 is 5.11 Å². The molecule has 0 fully saturated rings. The third-order valence-electron chi connectivity index (χ3n) is 2.89. The molecule has 0 radical (unpaired) electrons. The number of H-pyrrole nitrogens is 1. The van der Waals surface area contributed by atoms with E-state index in [9.17, 15) is 5.11 Å². The summed E-state index contributed by atoms with van der Waals surface area (Å²) in [6, 6.07) is -0.180. The van der Waals surface area contributed by atoms with Crippen molar-refractivity contribution in [3.05, 3.63) is 18.1 Å². The van der Waals surface area contributed by atoms with Gasteiger partial charge in [-0.15, -0.1) is 0 Å². The zero-order chi connectivity index (χ0) is 13.1. The summed E-state index contributed by atoms with van der Waals surface area (Å²) in [7, 11) is 1.82. The van der Waals surface area contributed by atoms with Crippen LogP contribution in [0.15, 0.2) is 12.5 Å². The van der Waals surface area contributed by atoms with Gasteiger partial charge in [0.15, 0.2) is 5.82 Å². The first-order valence-electron chi connectivity index (χ1n) is 5.60. The standard InChI is InChI=1S/C11H17N5OS/c1-13-8(7(17)4-18-2)6-3-14-10-9(6)15-5-16-11(10)12/h3,5,7-8,13-14,17H,4H2,1-2H3,(H2,12,15,16). The Morgan fingerprint density at radius 3 is 3.00 bits per heavy atom. The minimum Gasteiger partial charge on any atom is -0.390 e. The van der Waals surface area contributed by atoms with E-state index >= 15 is 0 Å². The number of hydrogen-bond donors (Lipinski definition) is 4. The first kappa shape index (κ1) is 13.1. The molecule has 0 saturated heterocycles. The summed E-state index contributed by atoms with van der Waals surface area (Å²) in [5.74, 6) is 1.07. The van der Waals surface area contributed by atoms with E-state index in [0.717, 1.165) is 11.1 Å². The van der Waals surface area contributed by atoms with Crippen molar-refractivity contribution in [3.8, 4) is 0 Å². The predicted octanol–water partition coefficient (Wildman–Crippen LogP) is 0.524. The summed E-state index contributed by atoms with van der Waals surface area (Å²) in [4.78, 5) is 11.2. The number of aliphatic hydroxyl groups is 1. The lowest BCUT2D eigenvalue weighted by Gasteiger charge is -2.21. The fourth-order valence-corrected chi connectivity index (χ4v) is 2.57. The Morgan fingerprint density at radius 2 is 2.33 bits per heavy atom. The smallest absolute Gasteiger partial charge is 0.151 e. The molecule has 2 atom stereocenters. The third-order valence-corrected chi connectivity index (χ3v) is 3.57. The Kier molecular flexibility index (Phi) is 4.05. The molecule has 0 aliphatic heterocycles. The van der Waals surface area contributed by atoms with E-state index in [4.69, 9.17) is 5.73 Å². The molecule has 2 aromatic heterocycles. The Morgan fingerprint density at radius 1 is 1.56 bits per heavy atom. The molecule has 0 amide bonds. The number of thioether (sulfide) groups is 1. The van der Waals surface area contributed by atoms with Gasteiger partial charge in [0.2, 0.25) is 0 Å². The molecule has 2 unspecified atom stereocenters. The SMILES string of the molecule is CNC(c1c[nH]c2c(N)ncnc12)C(O)CSC. The normalized spacial score (nSPS) is 14.8. The van der Waals surface area contributed by atoms with Crippen molar-refractivity contribution >= 4 is 28.6 Å². The summed E-state index contributed by atoms with van der Waals surface area (Å²) < 4.78 is 0. The van der Waals surface area contributed by atoms with Crippen molar-refractivity contribution in [2.45, 2.75) is 12.1 Å². The van der Waals surface area contributed by atoms with E-state index in [2.05, 4.69) is 20.3 Å². The zero-order valence-electron chi connectivity index (χ0n) is 10.3. The van der Waals surface area contributed by atoms with Gasteiger partial charge in [0, 0.05) is 17.5 Å². The van der Waals surface area contributed by atoms with Gasteiger partial charge in [0.25, 0.3) is 0 Å². The summed E-state index contributed by atoms with van der Waals surface area (Å²) in [6.45, 7) is 0. The van der Waals surface area contributed by atoms with Gasteiger partial charge < -0.3 is 21.1 Å². The fraction of sp³-hybridized carbons (Fsp3) is 0.455. The van der Waals surface area contributed by atoms with Crippen LogP contribution >= 0.6 is 11.8 Å². The number of anilines is 1. The van der Waals surface area contributed by atoms with Crippen molar-refractivity contribution in [1.82, 2.24) is 20.3 Å². The molecule has 7 heteroatoms. The number of aliphatic hydroxyl groups excluding tert-OH is 1. The van der Waals surface area contributed by atoms with Gasteiger partial charge in [0.1, 0.15) is 11.8 Å². The van der Waals surface area contributed by atoms with Gasteiger partial charge in [-0.05, 0) is 13.3 Å². The number of nitrogens with zero attached hydrogens (tertiary/aromatic N) is 2. The summed E-state index contributed by atoms with van der Waals surface area (Å²) >= 11 is 1.60. The fourth-order valence-electron chi connectivity index (χ4n) is 2.04. The van der Waals surface area contributed by atoms with Gasteiger partial charge in [-0.3, -0.25) is 0 Å². The first-order chi connectivity index (χ1) is 8.69. The summed E-state index contributed by atoms with van der Waals surface area (Å²) in [5.41, 5.74) is 8.15. The van der Waals surface area contributed by atoms with Crippen LogP contribution in [0.1, 0.15) is 11.6 Å². The second-order valence-electron chi connectivity index (χ2n) is 4.02. The number of nitrogens with two attached hydrogens (primary N) is 1. The summed E-state index contributed by atoms with van der Waals surface area (Å²) in [5, 5.41) is 13.3. The van der Waals surface area contributed by atoms with E-state index in [-0.39, 0.29) is 6.04 Å². The predicted molar refractivity (Wildman–Crippen MR) is 74.5 cm³/mol. The molecule has 0 aromatic carbocycles. The maximum absolute atomic E-state index is 10.1. The molecule has 2 heterocycles. The number of nitrogen functional groups attached to an aromatic ring is 1. The highest BCUT2D eigenvalue weighted by atomic mass is 32.2. The molecule has 2 rings (SSSR count). The van der Waals surface area contributed by atoms with Crippen LogP contribution in [0.2, 0.25) is 0 Å². The molecule has 0 aliphatic rings. The molecule has 98 valence electrons. The van der Waals surface area contributed by atoms with Crippen molar-refractivity contribution in [2.75, 3.05) is 24.8 Å². The van der Waals surface area contributed by atoms with Crippen LogP contribution in [0.25, 0.3) is 11.0 Å². The van der Waals surface area contributed by atoms with Gasteiger partial charge in [0.05, 0.1) is 17.7 Å². The minimum atomic E-state index is -0.486. The van der Waals surface area contributed by atoms with Crippen molar-refractivity contribution in [2.24, 2.45) is 0 Å². The lowest BCUT2D eigenvalue weighted by atomic mass is 10.0. The quantitative estimate of drug-likeness (QED) is 0.630. The molecule has 6 nitrogen and oxygen atoms in total. The Hall–Kier alpha value is -1.31. The second-order valence-corrected chi connectivity index (χ2v) is 4.93. The Bertz CT molecular complexity index is 529. The molecule has 0 spiro atoms. The van der Waals surface area contributed by atoms with Crippen LogP contribution < -0.4 is 11.1 Å². The Labute approximate surface area is 109 Å². The van der Waals surface area contributed by atoms with Gasteiger partial charge in [-0.25, -0.2) is 9.97 Å². The van der Waals surface area contributed by atoms with Gasteiger partial charge in [-0.1, -0.05) is 0 Å². The molecular weight excluding hydrogens is 250 g/mol. The monoisotopic (exact) mass is 267 g/mol. The van der Waals surface area contributed by atoms with Crippen LogP contribution in [0.4, 0.5) is 5.82 Å². The van der Waals surface area contributed by atoms with Gasteiger partial charge in [-0.2, -0.15) is 11.8 Å².